The second kappa shape index (κ2) is 9.65. The molecule has 2 heterocycles. The third kappa shape index (κ3) is 5.14. The van der Waals surface area contributed by atoms with Crippen LogP contribution < -0.4 is 4.40 Å². The Balaban J connectivity index is 0.000000314. The van der Waals surface area contributed by atoms with Crippen LogP contribution in [0.25, 0.3) is 38.7 Å². The molecule has 0 spiro atoms. The van der Waals surface area contributed by atoms with Crippen molar-refractivity contribution in [3.63, 3.8) is 0 Å². The third-order valence-corrected chi connectivity index (χ3v) is 6.06. The van der Waals surface area contributed by atoms with Crippen molar-refractivity contribution in [2.24, 2.45) is 0 Å². The second-order valence-corrected chi connectivity index (χ2v) is 9.31. The molecule has 0 unspecified atom stereocenters. The third-order valence-electron chi connectivity index (χ3n) is 5.26. The van der Waals surface area contributed by atoms with E-state index in [1.165, 1.54) is 27.8 Å². The van der Waals surface area contributed by atoms with Gasteiger partial charge in [-0.05, 0) is 29.3 Å². The van der Waals surface area contributed by atoms with Crippen LogP contribution in [0, 0.1) is 0 Å². The molecule has 0 fully saturated rings. The van der Waals surface area contributed by atoms with Gasteiger partial charge < -0.3 is 4.55 Å². The van der Waals surface area contributed by atoms with E-state index in [-0.39, 0.29) is 0 Å². The first-order chi connectivity index (χ1) is 16.6. The molecule has 4 nitrogen and oxygen atoms in total. The highest BCUT2D eigenvalue weighted by Crippen LogP contribution is 2.39. The molecule has 2 aromatic heterocycles. The minimum atomic E-state index is -6.09. The summed E-state index contributed by atoms with van der Waals surface area (Å²) < 4.78 is 61.2. The first kappa shape index (κ1) is 24.7. The van der Waals surface area contributed by atoms with Crippen molar-refractivity contribution in [2.45, 2.75) is 5.51 Å². The standard InChI is InChI=1S/C25H17ClN.CHF3O3S/c26-20-14-15-22-21(17-20)24(18-9-3-1-4-10-18)25(19-11-5-2-6-12-19)23-13-7-8-16-27(22)23;2-1(3,4)8(5,6)7/h1-17H;(H,5,6,7)/q+1;/p-1. The molecule has 5 aromatic rings. The van der Waals surface area contributed by atoms with Gasteiger partial charge in [-0.3, -0.25) is 0 Å². The summed E-state index contributed by atoms with van der Waals surface area (Å²) in [6.45, 7) is 0. The Morgan fingerprint density at radius 3 is 1.77 bits per heavy atom. The summed E-state index contributed by atoms with van der Waals surface area (Å²) in [6, 6.07) is 33.6. The number of hydrogen-bond acceptors (Lipinski definition) is 3. The van der Waals surface area contributed by atoms with Crippen LogP contribution in [0.2, 0.25) is 5.02 Å². The van der Waals surface area contributed by atoms with Crippen molar-refractivity contribution in [1.29, 1.82) is 0 Å². The normalized spacial score (nSPS) is 11.8. The van der Waals surface area contributed by atoms with E-state index in [0.717, 1.165) is 15.9 Å². The van der Waals surface area contributed by atoms with Crippen molar-refractivity contribution < 1.29 is 30.5 Å². The average Bonchev–Trinajstić information content (AvgIpc) is 2.83. The quantitative estimate of drug-likeness (QED) is 0.115. The average molecular weight is 516 g/mol. The maximum absolute atomic E-state index is 10.7. The van der Waals surface area contributed by atoms with E-state index in [4.69, 9.17) is 24.6 Å². The number of alkyl halides is 3. The van der Waals surface area contributed by atoms with E-state index < -0.39 is 15.6 Å². The molecule has 0 N–H and O–H groups in total. The van der Waals surface area contributed by atoms with Gasteiger partial charge >= 0.3 is 5.51 Å². The number of halogens is 4. The Labute approximate surface area is 204 Å². The van der Waals surface area contributed by atoms with Crippen molar-refractivity contribution in [1.82, 2.24) is 0 Å². The molecule has 3 aromatic carbocycles. The zero-order valence-electron chi connectivity index (χ0n) is 17.9. The summed E-state index contributed by atoms with van der Waals surface area (Å²) in [6.07, 6.45) is 2.12. The predicted molar refractivity (Wildman–Crippen MR) is 129 cm³/mol. The van der Waals surface area contributed by atoms with E-state index >= 15 is 0 Å². The van der Waals surface area contributed by atoms with Crippen LogP contribution in [0.1, 0.15) is 0 Å². The van der Waals surface area contributed by atoms with Gasteiger partial charge in [-0.2, -0.15) is 17.6 Å². The first-order valence-electron chi connectivity index (χ1n) is 10.3. The highest BCUT2D eigenvalue weighted by atomic mass is 35.5. The number of aromatic nitrogens is 1. The topological polar surface area (TPSA) is 61.3 Å². The van der Waals surface area contributed by atoms with Crippen molar-refractivity contribution in [2.75, 3.05) is 0 Å². The molecule has 0 radical (unpaired) electrons. The van der Waals surface area contributed by atoms with Gasteiger partial charge in [-0.15, -0.1) is 0 Å². The molecule has 9 heteroatoms. The molecule has 0 amide bonds. The lowest BCUT2D eigenvalue weighted by Gasteiger charge is -2.14. The molecule has 0 atom stereocenters. The van der Waals surface area contributed by atoms with Gasteiger partial charge in [0.15, 0.2) is 16.3 Å². The van der Waals surface area contributed by atoms with Crippen LogP contribution in [-0.4, -0.2) is 18.5 Å². The lowest BCUT2D eigenvalue weighted by Crippen LogP contribution is -2.23. The zero-order chi connectivity index (χ0) is 25.2. The summed E-state index contributed by atoms with van der Waals surface area (Å²) >= 11 is 6.42. The Morgan fingerprint density at radius 2 is 1.23 bits per heavy atom. The highest BCUT2D eigenvalue weighted by molar-refractivity contribution is 7.86. The molecule has 0 saturated heterocycles. The van der Waals surface area contributed by atoms with Gasteiger partial charge in [0.05, 0.1) is 10.9 Å². The van der Waals surface area contributed by atoms with Crippen LogP contribution in [0.4, 0.5) is 13.2 Å². The van der Waals surface area contributed by atoms with E-state index in [0.29, 0.717) is 0 Å². The fourth-order valence-corrected chi connectivity index (χ4v) is 4.01. The van der Waals surface area contributed by atoms with Crippen molar-refractivity contribution >= 4 is 38.1 Å². The van der Waals surface area contributed by atoms with Gasteiger partial charge in [-0.1, -0.05) is 72.3 Å². The molecule has 0 aliphatic rings. The molecule has 0 bridgehead atoms. The van der Waals surface area contributed by atoms with Gasteiger partial charge in [0.2, 0.25) is 11.0 Å². The van der Waals surface area contributed by atoms with E-state index in [1.54, 1.807) is 0 Å². The van der Waals surface area contributed by atoms with Crippen LogP contribution >= 0.6 is 11.6 Å². The minimum absolute atomic E-state index is 0.745. The van der Waals surface area contributed by atoms with Crippen molar-refractivity contribution in [3.05, 3.63) is 108 Å². The van der Waals surface area contributed by atoms with Crippen molar-refractivity contribution in [3.8, 4) is 22.3 Å². The smallest absolute Gasteiger partial charge is 0.485 e. The molecular weight excluding hydrogens is 499 g/mol. The van der Waals surface area contributed by atoms with Crippen LogP contribution in [0.15, 0.2) is 103 Å². The Hall–Kier alpha value is -3.46. The molecule has 178 valence electrons. The molecular formula is C26H17ClF3NO3S. The number of pyridine rings is 2. The summed E-state index contributed by atoms with van der Waals surface area (Å²) in [5.74, 6) is 0. The Kier molecular flexibility index (Phi) is 6.80. The highest BCUT2D eigenvalue weighted by Gasteiger charge is 2.36. The number of nitrogens with zero attached hydrogens (tertiary/aromatic N) is 1. The van der Waals surface area contributed by atoms with E-state index in [2.05, 4.69) is 102 Å². The summed E-state index contributed by atoms with van der Waals surface area (Å²) in [5, 5.41) is 1.89. The number of benzene rings is 3. The first-order valence-corrected chi connectivity index (χ1v) is 12.0. The second-order valence-electron chi connectivity index (χ2n) is 7.50. The fraction of sp³-hybridized carbons (Fsp3) is 0.0385. The lowest BCUT2D eigenvalue weighted by atomic mass is 9.90. The molecule has 35 heavy (non-hydrogen) atoms. The Bertz CT molecular complexity index is 1610. The maximum Gasteiger partial charge on any atom is 0.485 e. The molecule has 0 aliphatic carbocycles. The lowest BCUT2D eigenvalue weighted by molar-refractivity contribution is -0.481. The Morgan fingerprint density at radius 1 is 0.714 bits per heavy atom. The molecule has 5 rings (SSSR count). The zero-order valence-corrected chi connectivity index (χ0v) is 19.5. The fourth-order valence-electron chi connectivity index (χ4n) is 3.84. The van der Waals surface area contributed by atoms with Gasteiger partial charge in [0, 0.05) is 28.8 Å². The van der Waals surface area contributed by atoms with E-state index in [9.17, 15) is 13.2 Å². The van der Waals surface area contributed by atoms with E-state index in [1.807, 2.05) is 6.07 Å². The summed E-state index contributed by atoms with van der Waals surface area (Å²) in [4.78, 5) is 0. The summed E-state index contributed by atoms with van der Waals surface area (Å²) in [5.41, 5.74) is 1.50. The monoisotopic (exact) mass is 515 g/mol. The van der Waals surface area contributed by atoms with Crippen LogP contribution in [0.3, 0.4) is 0 Å². The molecule has 0 aliphatic heterocycles. The maximum atomic E-state index is 10.7. The molecule has 0 saturated carbocycles. The van der Waals surface area contributed by atoms with Gasteiger partial charge in [0.1, 0.15) is 0 Å². The SMILES string of the molecule is Clc1ccc2c(c1)c(-c1ccccc1)c(-c1ccccc1)c1cccc[n+]12.O=S(=O)([O-])C(F)(F)F. The number of fused-ring (bicyclic) bond motifs is 3. The van der Waals surface area contributed by atoms with Gasteiger partial charge in [0.25, 0.3) is 0 Å². The van der Waals surface area contributed by atoms with Gasteiger partial charge in [-0.25, -0.2) is 8.42 Å². The van der Waals surface area contributed by atoms with Crippen LogP contribution in [-0.2, 0) is 10.1 Å². The largest absolute Gasteiger partial charge is 0.741 e. The number of rotatable bonds is 2. The predicted octanol–water partition coefficient (Wildman–Crippen LogP) is 6.62. The summed E-state index contributed by atoms with van der Waals surface area (Å²) in [7, 11) is -6.09. The van der Waals surface area contributed by atoms with Crippen LogP contribution in [0.5, 0.6) is 0 Å². The minimum Gasteiger partial charge on any atom is -0.741 e. The number of hydrogen-bond donors (Lipinski definition) is 0.